The van der Waals surface area contributed by atoms with Crippen LogP contribution in [-0.2, 0) is 7.05 Å². The number of phenolic OH excluding ortho intramolecular Hbond substituents is 1. The lowest BCUT2D eigenvalue weighted by Crippen LogP contribution is -2.26. The number of aromatic nitrogens is 5. The van der Waals surface area contributed by atoms with E-state index in [1.165, 1.54) is 0 Å². The standard InChI is InChI=1S/C20H20N6O2/c1-11-17-12(10-25(2)24-17)7-14(18(11)27)19-22-9-15-16(23-19)4-6-26(20(15)28)13-3-5-21-8-13/h4,6-7,9-10,13,21,27H,3,5,8H2,1-2H3/t13-/m1/s1. The van der Waals surface area contributed by atoms with Crippen molar-refractivity contribution in [3.8, 4) is 17.1 Å². The third-order valence-corrected chi connectivity index (χ3v) is 5.47. The summed E-state index contributed by atoms with van der Waals surface area (Å²) in [4.78, 5) is 21.8. The molecule has 0 bridgehead atoms. The minimum atomic E-state index is -0.0825. The highest BCUT2D eigenvalue weighted by molar-refractivity contribution is 5.90. The maximum atomic E-state index is 12.9. The highest BCUT2D eigenvalue weighted by Crippen LogP contribution is 2.35. The zero-order valence-corrected chi connectivity index (χ0v) is 15.7. The van der Waals surface area contributed by atoms with E-state index in [2.05, 4.69) is 20.4 Å². The van der Waals surface area contributed by atoms with E-state index < -0.39 is 0 Å². The summed E-state index contributed by atoms with van der Waals surface area (Å²) in [7, 11) is 1.84. The number of nitrogens with zero attached hydrogens (tertiary/aromatic N) is 5. The van der Waals surface area contributed by atoms with Gasteiger partial charge in [0.2, 0.25) is 0 Å². The van der Waals surface area contributed by atoms with E-state index in [0.717, 1.165) is 30.4 Å². The monoisotopic (exact) mass is 376 g/mol. The number of nitrogens with one attached hydrogen (secondary N) is 1. The van der Waals surface area contributed by atoms with E-state index in [-0.39, 0.29) is 17.4 Å². The molecule has 1 aromatic carbocycles. The highest BCUT2D eigenvalue weighted by atomic mass is 16.3. The Morgan fingerprint density at radius 1 is 1.36 bits per heavy atom. The molecule has 0 aliphatic carbocycles. The van der Waals surface area contributed by atoms with Gasteiger partial charge in [0.25, 0.3) is 5.56 Å². The van der Waals surface area contributed by atoms with E-state index in [9.17, 15) is 9.90 Å². The quantitative estimate of drug-likeness (QED) is 0.554. The van der Waals surface area contributed by atoms with Gasteiger partial charge in [0.1, 0.15) is 5.75 Å². The second-order valence-corrected chi connectivity index (χ2v) is 7.31. The van der Waals surface area contributed by atoms with Gasteiger partial charge in [0, 0.05) is 43.1 Å². The minimum Gasteiger partial charge on any atom is -0.507 e. The van der Waals surface area contributed by atoms with E-state index >= 15 is 0 Å². The first kappa shape index (κ1) is 16.9. The normalized spacial score (nSPS) is 17.0. The average molecular weight is 376 g/mol. The summed E-state index contributed by atoms with van der Waals surface area (Å²) < 4.78 is 3.47. The van der Waals surface area contributed by atoms with Crippen LogP contribution in [0.1, 0.15) is 18.0 Å². The molecular formula is C20H20N6O2. The molecule has 5 rings (SSSR count). The Hall–Kier alpha value is -3.26. The van der Waals surface area contributed by atoms with Gasteiger partial charge in [-0.05, 0) is 32.0 Å². The summed E-state index contributed by atoms with van der Waals surface area (Å²) in [5.74, 6) is 0.495. The summed E-state index contributed by atoms with van der Waals surface area (Å²) in [5.41, 5.74) is 2.45. The Morgan fingerprint density at radius 2 is 2.21 bits per heavy atom. The molecule has 1 fully saturated rings. The van der Waals surface area contributed by atoms with E-state index in [1.54, 1.807) is 21.6 Å². The summed E-state index contributed by atoms with van der Waals surface area (Å²) in [5, 5.41) is 19.7. The number of benzene rings is 1. The fraction of sp³-hybridized carbons (Fsp3) is 0.300. The number of aryl methyl sites for hydroxylation is 2. The van der Waals surface area contributed by atoms with Gasteiger partial charge in [0.15, 0.2) is 5.82 Å². The lowest BCUT2D eigenvalue weighted by molar-refractivity contribution is 0.473. The number of fused-ring (bicyclic) bond motifs is 2. The van der Waals surface area contributed by atoms with Crippen molar-refractivity contribution in [3.63, 3.8) is 0 Å². The van der Waals surface area contributed by atoms with E-state index in [0.29, 0.717) is 27.9 Å². The van der Waals surface area contributed by atoms with Crippen LogP contribution in [0.15, 0.2) is 35.5 Å². The predicted molar refractivity (Wildman–Crippen MR) is 106 cm³/mol. The molecule has 28 heavy (non-hydrogen) atoms. The first-order chi connectivity index (χ1) is 13.5. The van der Waals surface area contributed by atoms with Gasteiger partial charge in [-0.2, -0.15) is 5.10 Å². The molecule has 1 aliphatic rings. The van der Waals surface area contributed by atoms with Crippen LogP contribution in [0.5, 0.6) is 5.75 Å². The van der Waals surface area contributed by atoms with Gasteiger partial charge in [-0.25, -0.2) is 9.97 Å². The summed E-state index contributed by atoms with van der Waals surface area (Å²) >= 11 is 0. The largest absolute Gasteiger partial charge is 0.507 e. The van der Waals surface area contributed by atoms with Crippen molar-refractivity contribution in [2.45, 2.75) is 19.4 Å². The Balaban J connectivity index is 1.66. The lowest BCUT2D eigenvalue weighted by atomic mass is 10.1. The molecule has 3 aromatic heterocycles. The summed E-state index contributed by atoms with van der Waals surface area (Å²) in [6, 6.07) is 3.83. The zero-order valence-electron chi connectivity index (χ0n) is 15.7. The Kier molecular flexibility index (Phi) is 3.70. The Labute approximate surface area is 160 Å². The molecule has 1 aliphatic heterocycles. The van der Waals surface area contributed by atoms with Crippen molar-refractivity contribution in [2.24, 2.45) is 7.05 Å². The molecule has 4 aromatic rings. The molecule has 8 nitrogen and oxygen atoms in total. The molecule has 0 unspecified atom stereocenters. The van der Waals surface area contributed by atoms with Crippen molar-refractivity contribution in [3.05, 3.63) is 46.6 Å². The fourth-order valence-corrected chi connectivity index (χ4v) is 3.95. The third kappa shape index (κ3) is 2.49. The number of hydrogen-bond acceptors (Lipinski definition) is 6. The highest BCUT2D eigenvalue weighted by Gasteiger charge is 2.20. The van der Waals surface area contributed by atoms with E-state index in [1.807, 2.05) is 32.3 Å². The van der Waals surface area contributed by atoms with Gasteiger partial charge in [-0.3, -0.25) is 9.48 Å². The van der Waals surface area contributed by atoms with E-state index in [4.69, 9.17) is 0 Å². The van der Waals surface area contributed by atoms with Crippen LogP contribution < -0.4 is 10.9 Å². The van der Waals surface area contributed by atoms with Gasteiger partial charge < -0.3 is 15.0 Å². The first-order valence-corrected chi connectivity index (χ1v) is 9.28. The molecule has 0 spiro atoms. The second kappa shape index (κ2) is 6.13. The van der Waals surface area contributed by atoms with Crippen LogP contribution >= 0.6 is 0 Å². The first-order valence-electron chi connectivity index (χ1n) is 9.28. The molecule has 1 atom stereocenters. The van der Waals surface area contributed by atoms with Crippen LogP contribution in [0.2, 0.25) is 0 Å². The molecule has 0 amide bonds. The molecule has 1 saturated heterocycles. The molecule has 0 saturated carbocycles. The van der Waals surface area contributed by atoms with Crippen LogP contribution in [-0.4, -0.2) is 42.5 Å². The Morgan fingerprint density at radius 3 is 3.00 bits per heavy atom. The van der Waals surface area contributed by atoms with Crippen LogP contribution in [0.25, 0.3) is 33.2 Å². The zero-order chi connectivity index (χ0) is 19.4. The van der Waals surface area contributed by atoms with Crippen molar-refractivity contribution in [1.82, 2.24) is 29.6 Å². The van der Waals surface area contributed by atoms with Crippen molar-refractivity contribution in [2.75, 3.05) is 13.1 Å². The van der Waals surface area contributed by atoms with Gasteiger partial charge in [0.05, 0.1) is 28.0 Å². The molecule has 4 heterocycles. The molecule has 2 N–H and O–H groups in total. The number of hydrogen-bond donors (Lipinski definition) is 2. The molecular weight excluding hydrogens is 356 g/mol. The average Bonchev–Trinajstić information content (AvgIpc) is 3.34. The topological polar surface area (TPSA) is 97.9 Å². The predicted octanol–water partition coefficient (Wildman–Crippen LogP) is 1.89. The molecule has 0 radical (unpaired) electrons. The molecule has 142 valence electrons. The van der Waals surface area contributed by atoms with Crippen LogP contribution in [0.3, 0.4) is 0 Å². The van der Waals surface area contributed by atoms with Gasteiger partial charge >= 0.3 is 0 Å². The van der Waals surface area contributed by atoms with Gasteiger partial charge in [-0.15, -0.1) is 0 Å². The number of phenols is 1. The Bertz CT molecular complexity index is 1280. The third-order valence-electron chi connectivity index (χ3n) is 5.47. The van der Waals surface area contributed by atoms with Crippen molar-refractivity contribution < 1.29 is 5.11 Å². The number of rotatable bonds is 2. The number of aromatic hydroxyl groups is 1. The van der Waals surface area contributed by atoms with Crippen LogP contribution in [0.4, 0.5) is 0 Å². The minimum absolute atomic E-state index is 0.0825. The van der Waals surface area contributed by atoms with Crippen LogP contribution in [0, 0.1) is 6.92 Å². The van der Waals surface area contributed by atoms with Crippen molar-refractivity contribution >= 4 is 21.8 Å². The lowest BCUT2D eigenvalue weighted by Gasteiger charge is -2.13. The number of pyridine rings is 1. The maximum absolute atomic E-state index is 12.9. The summed E-state index contributed by atoms with van der Waals surface area (Å²) in [6.07, 6.45) is 6.18. The maximum Gasteiger partial charge on any atom is 0.261 e. The SMILES string of the molecule is Cc1c(O)c(-c2ncc3c(=O)n([C@@H]4CCNC4)ccc3n2)cc2cn(C)nc12. The fourth-order valence-electron chi connectivity index (χ4n) is 3.95. The van der Waals surface area contributed by atoms with Crippen molar-refractivity contribution in [1.29, 1.82) is 0 Å². The molecule has 8 heteroatoms. The summed E-state index contributed by atoms with van der Waals surface area (Å²) in [6.45, 7) is 3.53. The second-order valence-electron chi connectivity index (χ2n) is 7.31. The smallest absolute Gasteiger partial charge is 0.261 e. The van der Waals surface area contributed by atoms with Gasteiger partial charge in [-0.1, -0.05) is 0 Å².